The first kappa shape index (κ1) is 12.7. The van der Waals surface area contributed by atoms with E-state index in [1.807, 2.05) is 0 Å². The minimum absolute atomic E-state index is 0.157. The summed E-state index contributed by atoms with van der Waals surface area (Å²) < 4.78 is 0. The molecule has 0 unspecified atom stereocenters. The van der Waals surface area contributed by atoms with Crippen molar-refractivity contribution in [3.05, 3.63) is 12.2 Å². The molecule has 0 amide bonds. The van der Waals surface area contributed by atoms with Crippen LogP contribution >= 0.6 is 0 Å². The van der Waals surface area contributed by atoms with Crippen LogP contribution in [0, 0.1) is 0 Å². The van der Waals surface area contributed by atoms with E-state index in [1.165, 1.54) is 5.57 Å². The van der Waals surface area contributed by atoms with Crippen molar-refractivity contribution in [1.82, 2.24) is 10.2 Å². The molecule has 3 nitrogen and oxygen atoms in total. The van der Waals surface area contributed by atoms with E-state index in [0.29, 0.717) is 0 Å². The van der Waals surface area contributed by atoms with Crippen molar-refractivity contribution >= 4 is 0 Å². The first-order chi connectivity index (χ1) is 7.12. The van der Waals surface area contributed by atoms with Gasteiger partial charge < -0.3 is 16.0 Å². The maximum absolute atomic E-state index is 5.90. The first-order valence-corrected chi connectivity index (χ1v) is 5.94. The number of hydrogen-bond donors (Lipinski definition) is 2. The van der Waals surface area contributed by atoms with Crippen molar-refractivity contribution < 1.29 is 0 Å². The van der Waals surface area contributed by atoms with Crippen LogP contribution in [0.25, 0.3) is 0 Å². The second-order valence-electron chi connectivity index (χ2n) is 4.73. The number of likely N-dealkylation sites (tertiary alicyclic amines) is 1. The molecule has 0 radical (unpaired) electrons. The van der Waals surface area contributed by atoms with Gasteiger partial charge in [0.2, 0.25) is 0 Å². The van der Waals surface area contributed by atoms with E-state index in [2.05, 4.69) is 30.6 Å². The number of nitrogens with two attached hydrogens (primary N) is 1. The van der Waals surface area contributed by atoms with E-state index in [0.717, 1.165) is 45.6 Å². The molecule has 88 valence electrons. The van der Waals surface area contributed by atoms with Crippen molar-refractivity contribution in [3.63, 3.8) is 0 Å². The molecule has 1 saturated heterocycles. The Morgan fingerprint density at radius 3 is 2.47 bits per heavy atom. The number of hydrogen-bond acceptors (Lipinski definition) is 3. The third-order valence-corrected chi connectivity index (χ3v) is 3.42. The van der Waals surface area contributed by atoms with Crippen LogP contribution in [-0.4, -0.2) is 43.2 Å². The molecule has 0 aromatic carbocycles. The average molecular weight is 211 g/mol. The number of rotatable bonds is 5. The molecule has 3 heteroatoms. The molecule has 0 atom stereocenters. The van der Waals surface area contributed by atoms with E-state index < -0.39 is 0 Å². The molecule has 0 spiro atoms. The van der Waals surface area contributed by atoms with Crippen molar-refractivity contribution in [3.8, 4) is 0 Å². The minimum atomic E-state index is 0.157. The molecule has 0 saturated carbocycles. The van der Waals surface area contributed by atoms with Crippen LogP contribution in [0.4, 0.5) is 0 Å². The van der Waals surface area contributed by atoms with E-state index in [-0.39, 0.29) is 5.54 Å². The van der Waals surface area contributed by atoms with Crippen LogP contribution in [-0.2, 0) is 0 Å². The minimum Gasteiger partial charge on any atom is -0.329 e. The van der Waals surface area contributed by atoms with Crippen molar-refractivity contribution in [1.29, 1.82) is 0 Å². The van der Waals surface area contributed by atoms with Gasteiger partial charge in [0.15, 0.2) is 0 Å². The molecule has 1 rings (SSSR count). The van der Waals surface area contributed by atoms with Crippen LogP contribution in [0.1, 0.15) is 26.7 Å². The summed E-state index contributed by atoms with van der Waals surface area (Å²) in [7, 11) is 0. The second-order valence-corrected chi connectivity index (χ2v) is 4.73. The molecule has 1 fully saturated rings. The Morgan fingerprint density at radius 1 is 1.47 bits per heavy atom. The highest BCUT2D eigenvalue weighted by Gasteiger charge is 2.31. The maximum atomic E-state index is 5.90. The smallest absolute Gasteiger partial charge is 0.0331 e. The zero-order chi connectivity index (χ0) is 11.3. The Balaban J connectivity index is 2.44. The van der Waals surface area contributed by atoms with E-state index in [9.17, 15) is 0 Å². The highest BCUT2D eigenvalue weighted by molar-refractivity contribution is 4.99. The number of nitrogens with zero attached hydrogens (tertiary/aromatic N) is 1. The zero-order valence-electron chi connectivity index (χ0n) is 10.2. The van der Waals surface area contributed by atoms with E-state index >= 15 is 0 Å². The van der Waals surface area contributed by atoms with Gasteiger partial charge in [-0.3, -0.25) is 0 Å². The Kier molecular flexibility index (Phi) is 4.77. The first-order valence-electron chi connectivity index (χ1n) is 5.94. The summed E-state index contributed by atoms with van der Waals surface area (Å²) in [5, 5.41) is 3.58. The van der Waals surface area contributed by atoms with Crippen LogP contribution in [0.2, 0.25) is 0 Å². The highest BCUT2D eigenvalue weighted by Crippen LogP contribution is 2.21. The van der Waals surface area contributed by atoms with Gasteiger partial charge in [0, 0.05) is 18.6 Å². The molecule has 1 aliphatic rings. The Bertz CT molecular complexity index is 205. The van der Waals surface area contributed by atoms with Gasteiger partial charge in [-0.25, -0.2) is 0 Å². The van der Waals surface area contributed by atoms with Gasteiger partial charge in [-0.1, -0.05) is 19.1 Å². The fourth-order valence-corrected chi connectivity index (χ4v) is 2.09. The summed E-state index contributed by atoms with van der Waals surface area (Å²) in [6.07, 6.45) is 2.31. The highest BCUT2D eigenvalue weighted by atomic mass is 15.2. The monoisotopic (exact) mass is 211 g/mol. The summed E-state index contributed by atoms with van der Waals surface area (Å²) in [5.41, 5.74) is 7.24. The zero-order valence-corrected chi connectivity index (χ0v) is 10.2. The third kappa shape index (κ3) is 3.59. The van der Waals surface area contributed by atoms with Crippen LogP contribution in [0.15, 0.2) is 12.2 Å². The van der Waals surface area contributed by atoms with Crippen LogP contribution in [0.5, 0.6) is 0 Å². The summed E-state index contributed by atoms with van der Waals surface area (Å²) in [5.74, 6) is 0. The molecule has 0 aromatic rings. The predicted molar refractivity (Wildman–Crippen MR) is 66.0 cm³/mol. The normalized spacial score (nSPS) is 21.5. The Labute approximate surface area is 93.7 Å². The maximum Gasteiger partial charge on any atom is 0.0331 e. The number of piperidine rings is 1. The van der Waals surface area contributed by atoms with Crippen molar-refractivity contribution in [2.24, 2.45) is 5.73 Å². The average Bonchev–Trinajstić information content (AvgIpc) is 2.27. The lowest BCUT2D eigenvalue weighted by molar-refractivity contribution is 0.147. The van der Waals surface area contributed by atoms with Crippen LogP contribution < -0.4 is 11.1 Å². The summed E-state index contributed by atoms with van der Waals surface area (Å²) in [4.78, 5) is 2.48. The second kappa shape index (κ2) is 5.64. The molecule has 15 heavy (non-hydrogen) atoms. The van der Waals surface area contributed by atoms with Crippen LogP contribution in [0.3, 0.4) is 0 Å². The molecule has 3 N–H and O–H groups in total. The van der Waals surface area contributed by atoms with Gasteiger partial charge in [-0.2, -0.15) is 0 Å². The largest absolute Gasteiger partial charge is 0.329 e. The SMILES string of the molecule is C=C(C)CNC1(CN)CCN(CC)CC1. The molecule has 1 heterocycles. The molecular formula is C12H25N3. The lowest BCUT2D eigenvalue weighted by Gasteiger charge is -2.41. The summed E-state index contributed by atoms with van der Waals surface area (Å²) in [6.45, 7) is 13.3. The molecule has 0 bridgehead atoms. The van der Waals surface area contributed by atoms with Gasteiger partial charge in [-0.15, -0.1) is 0 Å². The molecule has 0 aromatic heterocycles. The Morgan fingerprint density at radius 2 is 2.07 bits per heavy atom. The van der Waals surface area contributed by atoms with E-state index in [1.54, 1.807) is 0 Å². The third-order valence-electron chi connectivity index (χ3n) is 3.42. The van der Waals surface area contributed by atoms with Gasteiger partial charge in [-0.05, 0) is 39.4 Å². The van der Waals surface area contributed by atoms with Gasteiger partial charge in [0.05, 0.1) is 0 Å². The van der Waals surface area contributed by atoms with Crippen molar-refractivity contribution in [2.45, 2.75) is 32.2 Å². The fourth-order valence-electron chi connectivity index (χ4n) is 2.09. The van der Waals surface area contributed by atoms with Gasteiger partial charge >= 0.3 is 0 Å². The van der Waals surface area contributed by atoms with E-state index in [4.69, 9.17) is 5.73 Å². The van der Waals surface area contributed by atoms with Crippen molar-refractivity contribution in [2.75, 3.05) is 32.7 Å². The topological polar surface area (TPSA) is 41.3 Å². The quantitative estimate of drug-likeness (QED) is 0.666. The fraction of sp³-hybridized carbons (Fsp3) is 0.833. The number of nitrogens with one attached hydrogen (secondary N) is 1. The lowest BCUT2D eigenvalue weighted by Crippen LogP contribution is -2.57. The summed E-state index contributed by atoms with van der Waals surface area (Å²) in [6, 6.07) is 0. The Hall–Kier alpha value is -0.380. The van der Waals surface area contributed by atoms with Gasteiger partial charge in [0.1, 0.15) is 0 Å². The molecular weight excluding hydrogens is 186 g/mol. The molecule has 1 aliphatic heterocycles. The lowest BCUT2D eigenvalue weighted by atomic mass is 9.87. The summed E-state index contributed by atoms with van der Waals surface area (Å²) >= 11 is 0. The predicted octanol–water partition coefficient (Wildman–Crippen LogP) is 0.965. The molecule has 0 aliphatic carbocycles. The standard InChI is InChI=1S/C12H25N3/c1-4-15-7-5-12(10-13,6-8-15)14-9-11(2)3/h14H,2,4-10,13H2,1,3H3. The van der Waals surface area contributed by atoms with Gasteiger partial charge in [0.25, 0.3) is 0 Å².